The van der Waals surface area contributed by atoms with E-state index in [1.165, 1.54) is 32.1 Å². The Morgan fingerprint density at radius 1 is 1.32 bits per heavy atom. The molecule has 0 saturated heterocycles. The summed E-state index contributed by atoms with van der Waals surface area (Å²) in [7, 11) is 0. The van der Waals surface area contributed by atoms with E-state index in [2.05, 4.69) is 35.2 Å². The molecule has 0 amide bonds. The van der Waals surface area contributed by atoms with Crippen LogP contribution < -0.4 is 5.32 Å². The molecule has 102 valence electrons. The second-order valence-corrected chi connectivity index (χ2v) is 6.02. The van der Waals surface area contributed by atoms with E-state index in [0.29, 0.717) is 22.8 Å². The van der Waals surface area contributed by atoms with Crippen LogP contribution in [0.25, 0.3) is 0 Å². The highest BCUT2D eigenvalue weighted by Crippen LogP contribution is 2.43. The summed E-state index contributed by atoms with van der Waals surface area (Å²) < 4.78 is 0. The molecule has 1 aliphatic rings. The number of anilines is 1. The molecule has 1 N–H and O–H groups in total. The number of nitrogens with zero attached hydrogens (tertiary/aromatic N) is 3. The van der Waals surface area contributed by atoms with Crippen LogP contribution in [-0.2, 0) is 0 Å². The van der Waals surface area contributed by atoms with E-state index < -0.39 is 0 Å². The van der Waals surface area contributed by atoms with Crippen molar-refractivity contribution in [3.8, 4) is 6.07 Å². The first kappa shape index (κ1) is 13.8. The molecule has 0 unspecified atom stereocenters. The quantitative estimate of drug-likeness (QED) is 0.879. The fraction of sp³-hybridized carbons (Fsp3) is 0.667. The highest BCUT2D eigenvalue weighted by molar-refractivity contribution is 5.46. The van der Waals surface area contributed by atoms with Gasteiger partial charge in [-0.1, -0.05) is 26.7 Å². The summed E-state index contributed by atoms with van der Waals surface area (Å²) in [6.45, 7) is 5.46. The number of rotatable bonds is 5. The number of hydrogen-bond donors (Lipinski definition) is 1. The molecule has 0 bridgehead atoms. The lowest BCUT2D eigenvalue weighted by Crippen LogP contribution is -2.29. The van der Waals surface area contributed by atoms with Crippen LogP contribution in [-0.4, -0.2) is 16.5 Å². The minimum absolute atomic E-state index is 0.373. The zero-order chi connectivity index (χ0) is 13.7. The van der Waals surface area contributed by atoms with E-state index >= 15 is 0 Å². The van der Waals surface area contributed by atoms with Crippen LogP contribution in [0.1, 0.15) is 51.6 Å². The third kappa shape index (κ3) is 3.44. The molecule has 0 spiro atoms. The smallest absolute Gasteiger partial charge is 0.182 e. The van der Waals surface area contributed by atoms with Gasteiger partial charge in [-0.15, -0.1) is 0 Å². The molecule has 1 heterocycles. The van der Waals surface area contributed by atoms with Crippen LogP contribution in [0.5, 0.6) is 0 Å². The zero-order valence-corrected chi connectivity index (χ0v) is 11.8. The minimum Gasteiger partial charge on any atom is -0.367 e. The Morgan fingerprint density at radius 3 is 2.63 bits per heavy atom. The van der Waals surface area contributed by atoms with Crippen LogP contribution in [0, 0.1) is 22.7 Å². The SMILES string of the molecule is CC(C)CC1(CNc2nccnc2C#N)CCCC1. The largest absolute Gasteiger partial charge is 0.367 e. The van der Waals surface area contributed by atoms with Gasteiger partial charge in [-0.25, -0.2) is 9.97 Å². The molecule has 4 nitrogen and oxygen atoms in total. The van der Waals surface area contributed by atoms with Crippen LogP contribution in [0.3, 0.4) is 0 Å². The van der Waals surface area contributed by atoms with E-state index in [1.807, 2.05) is 0 Å². The van der Waals surface area contributed by atoms with Crippen molar-refractivity contribution in [1.82, 2.24) is 9.97 Å². The van der Waals surface area contributed by atoms with Crippen molar-refractivity contribution >= 4 is 5.82 Å². The van der Waals surface area contributed by atoms with Gasteiger partial charge in [0.25, 0.3) is 0 Å². The topological polar surface area (TPSA) is 61.6 Å². The molecule has 1 aliphatic carbocycles. The van der Waals surface area contributed by atoms with Gasteiger partial charge in [0.2, 0.25) is 0 Å². The van der Waals surface area contributed by atoms with Gasteiger partial charge in [-0.05, 0) is 30.6 Å². The van der Waals surface area contributed by atoms with E-state index in [9.17, 15) is 0 Å². The van der Waals surface area contributed by atoms with Crippen molar-refractivity contribution in [3.63, 3.8) is 0 Å². The highest BCUT2D eigenvalue weighted by atomic mass is 15.0. The average Bonchev–Trinajstić information content (AvgIpc) is 2.85. The van der Waals surface area contributed by atoms with Crippen LogP contribution >= 0.6 is 0 Å². The predicted molar refractivity (Wildman–Crippen MR) is 75.6 cm³/mol. The molecular weight excluding hydrogens is 236 g/mol. The fourth-order valence-corrected chi connectivity index (χ4v) is 3.26. The monoisotopic (exact) mass is 258 g/mol. The van der Waals surface area contributed by atoms with Gasteiger partial charge in [0.05, 0.1) is 0 Å². The maximum atomic E-state index is 9.03. The molecule has 1 aromatic rings. The molecule has 4 heteroatoms. The fourth-order valence-electron chi connectivity index (χ4n) is 3.26. The molecule has 0 aliphatic heterocycles. The maximum Gasteiger partial charge on any atom is 0.182 e. The van der Waals surface area contributed by atoms with Crippen molar-refractivity contribution in [2.75, 3.05) is 11.9 Å². The maximum absolute atomic E-state index is 9.03. The molecular formula is C15H22N4. The van der Waals surface area contributed by atoms with E-state index in [4.69, 9.17) is 5.26 Å². The minimum atomic E-state index is 0.373. The lowest BCUT2D eigenvalue weighted by atomic mass is 9.78. The normalized spacial score (nSPS) is 17.4. The molecule has 0 radical (unpaired) electrons. The second-order valence-electron chi connectivity index (χ2n) is 6.02. The van der Waals surface area contributed by atoms with Crippen LogP contribution in [0.15, 0.2) is 12.4 Å². The Hall–Kier alpha value is -1.63. The standard InChI is InChI=1S/C15H22N4/c1-12(2)9-15(5-3-4-6-15)11-19-14-13(10-16)17-7-8-18-14/h7-8,12H,3-6,9,11H2,1-2H3,(H,18,19). The van der Waals surface area contributed by atoms with Crippen molar-refractivity contribution in [3.05, 3.63) is 18.1 Å². The van der Waals surface area contributed by atoms with E-state index in [0.717, 1.165) is 6.54 Å². The summed E-state index contributed by atoms with van der Waals surface area (Å²) in [5, 5.41) is 12.4. The van der Waals surface area contributed by atoms with Crippen molar-refractivity contribution in [2.45, 2.75) is 46.0 Å². The Kier molecular flexibility index (Phi) is 4.36. The van der Waals surface area contributed by atoms with Gasteiger partial charge < -0.3 is 5.32 Å². The van der Waals surface area contributed by atoms with Gasteiger partial charge in [0.15, 0.2) is 11.5 Å². The molecule has 1 fully saturated rings. The first-order chi connectivity index (χ1) is 9.15. The third-order valence-corrected chi connectivity index (χ3v) is 3.94. The molecule has 1 aromatic heterocycles. The van der Waals surface area contributed by atoms with Gasteiger partial charge >= 0.3 is 0 Å². The number of hydrogen-bond acceptors (Lipinski definition) is 4. The second kappa shape index (κ2) is 6.01. The Morgan fingerprint density at radius 2 is 2.00 bits per heavy atom. The first-order valence-corrected chi connectivity index (χ1v) is 7.10. The number of nitrogens with one attached hydrogen (secondary N) is 1. The van der Waals surface area contributed by atoms with Gasteiger partial charge in [-0.3, -0.25) is 0 Å². The van der Waals surface area contributed by atoms with Gasteiger partial charge in [0.1, 0.15) is 6.07 Å². The van der Waals surface area contributed by atoms with Crippen molar-refractivity contribution in [1.29, 1.82) is 5.26 Å². The van der Waals surface area contributed by atoms with Crippen LogP contribution in [0.2, 0.25) is 0 Å². The van der Waals surface area contributed by atoms with E-state index in [-0.39, 0.29) is 0 Å². The Balaban J connectivity index is 2.05. The summed E-state index contributed by atoms with van der Waals surface area (Å²) >= 11 is 0. The zero-order valence-electron chi connectivity index (χ0n) is 11.8. The van der Waals surface area contributed by atoms with Crippen molar-refractivity contribution in [2.24, 2.45) is 11.3 Å². The summed E-state index contributed by atoms with van der Waals surface area (Å²) in [4.78, 5) is 8.26. The van der Waals surface area contributed by atoms with E-state index in [1.54, 1.807) is 12.4 Å². The lowest BCUT2D eigenvalue weighted by Gasteiger charge is -2.31. The molecule has 0 atom stereocenters. The highest BCUT2D eigenvalue weighted by Gasteiger charge is 2.34. The Labute approximate surface area is 115 Å². The van der Waals surface area contributed by atoms with Gasteiger partial charge in [-0.2, -0.15) is 5.26 Å². The van der Waals surface area contributed by atoms with Gasteiger partial charge in [0, 0.05) is 18.9 Å². The molecule has 2 rings (SSSR count). The molecule has 0 aromatic carbocycles. The number of nitriles is 1. The summed E-state index contributed by atoms with van der Waals surface area (Å²) in [6, 6.07) is 2.09. The average molecular weight is 258 g/mol. The summed E-state index contributed by atoms with van der Waals surface area (Å²) in [6.07, 6.45) is 9.62. The van der Waals surface area contributed by atoms with Crippen molar-refractivity contribution < 1.29 is 0 Å². The summed E-state index contributed by atoms with van der Waals surface area (Å²) in [5.74, 6) is 1.33. The first-order valence-electron chi connectivity index (χ1n) is 7.10. The Bertz CT molecular complexity index is 455. The number of aromatic nitrogens is 2. The summed E-state index contributed by atoms with van der Waals surface area (Å²) in [5.41, 5.74) is 0.762. The molecule has 1 saturated carbocycles. The van der Waals surface area contributed by atoms with Crippen LogP contribution in [0.4, 0.5) is 5.82 Å². The molecule has 19 heavy (non-hydrogen) atoms. The lowest BCUT2D eigenvalue weighted by molar-refractivity contribution is 0.252. The predicted octanol–water partition coefficient (Wildman–Crippen LogP) is 3.37. The third-order valence-electron chi connectivity index (χ3n) is 3.94.